The number of imidazole rings is 1. The lowest BCUT2D eigenvalue weighted by Gasteiger charge is -2.14. The third kappa shape index (κ3) is 5.82. The summed E-state index contributed by atoms with van der Waals surface area (Å²) in [5, 5.41) is 0.524. The lowest BCUT2D eigenvalue weighted by Crippen LogP contribution is -2.40. The molecule has 4 aromatic rings. The maximum atomic E-state index is 13.6. The highest BCUT2D eigenvalue weighted by Gasteiger charge is 2.31. The van der Waals surface area contributed by atoms with Gasteiger partial charge in [-0.05, 0) is 35.7 Å². The normalized spacial score (nSPS) is 12.6. The molecule has 8 nitrogen and oxygen atoms in total. The topological polar surface area (TPSA) is 80.3 Å². The van der Waals surface area contributed by atoms with E-state index in [4.69, 9.17) is 16.3 Å². The zero-order chi connectivity index (χ0) is 26.9. The zero-order valence-corrected chi connectivity index (χ0v) is 21.0. The Morgan fingerprint density at radius 3 is 2.38 bits per heavy atom. The molecule has 0 N–H and O–H groups in total. The van der Waals surface area contributed by atoms with Crippen molar-refractivity contribution in [3.8, 4) is 17.5 Å². The minimum absolute atomic E-state index is 0.000608. The Morgan fingerprint density at radius 2 is 1.73 bits per heavy atom. The summed E-state index contributed by atoms with van der Waals surface area (Å²) in [6, 6.07) is 11.8. The van der Waals surface area contributed by atoms with Crippen molar-refractivity contribution in [3.63, 3.8) is 0 Å². The van der Waals surface area contributed by atoms with Crippen molar-refractivity contribution in [2.24, 2.45) is 13.0 Å². The van der Waals surface area contributed by atoms with Crippen molar-refractivity contribution in [2.75, 3.05) is 0 Å². The van der Waals surface area contributed by atoms with Gasteiger partial charge in [0.05, 0.1) is 6.54 Å². The van der Waals surface area contributed by atoms with E-state index in [-0.39, 0.29) is 41.9 Å². The molecule has 1 unspecified atom stereocenters. The molecule has 0 fully saturated rings. The van der Waals surface area contributed by atoms with Crippen LogP contribution >= 0.6 is 11.6 Å². The zero-order valence-electron chi connectivity index (χ0n) is 20.3. The van der Waals surface area contributed by atoms with E-state index in [1.165, 1.54) is 28.3 Å². The van der Waals surface area contributed by atoms with E-state index in [9.17, 15) is 22.8 Å². The highest BCUT2D eigenvalue weighted by Crippen LogP contribution is 2.30. The molecule has 2 heterocycles. The van der Waals surface area contributed by atoms with E-state index in [1.54, 1.807) is 24.3 Å². The van der Waals surface area contributed by atoms with Gasteiger partial charge in [0.25, 0.3) is 5.56 Å². The second kappa shape index (κ2) is 10.3. The molecule has 0 aliphatic carbocycles. The van der Waals surface area contributed by atoms with E-state index < -0.39 is 23.4 Å². The summed E-state index contributed by atoms with van der Waals surface area (Å²) in [4.78, 5) is 31.0. The van der Waals surface area contributed by atoms with Crippen LogP contribution in [0.3, 0.4) is 0 Å². The first-order valence-corrected chi connectivity index (χ1v) is 11.8. The smallest absolute Gasteiger partial charge is 0.425 e. The molecular formula is C25H24ClF3N4O4. The first kappa shape index (κ1) is 26.3. The lowest BCUT2D eigenvalue weighted by molar-refractivity contribution is -0.274. The van der Waals surface area contributed by atoms with Crippen molar-refractivity contribution < 1.29 is 22.6 Å². The highest BCUT2D eigenvalue weighted by atomic mass is 35.5. The van der Waals surface area contributed by atoms with Crippen molar-refractivity contribution in [1.82, 2.24) is 18.7 Å². The summed E-state index contributed by atoms with van der Waals surface area (Å²) < 4.78 is 51.8. The number of halogens is 4. The molecule has 0 saturated heterocycles. The van der Waals surface area contributed by atoms with Gasteiger partial charge in [-0.25, -0.2) is 4.79 Å². The summed E-state index contributed by atoms with van der Waals surface area (Å²) in [6.45, 7) is 4.24. The van der Waals surface area contributed by atoms with Gasteiger partial charge in [0, 0.05) is 24.7 Å². The second-order valence-corrected chi connectivity index (χ2v) is 9.11. The molecule has 0 aliphatic heterocycles. The standard InChI is InChI=1S/C25H24ClF3N4O4/c1-4-15(2)13-33-22(34)20-21(31(3)24(33)35)30-23(32(20)14-16-8-10-17(26)11-9-16)36-18-6-5-7-19(12-18)37-25(27,28)29/h5-12,15H,4,13-14H2,1-3H3. The summed E-state index contributed by atoms with van der Waals surface area (Å²) in [7, 11) is 1.50. The van der Waals surface area contributed by atoms with Gasteiger partial charge in [-0.1, -0.05) is 50.1 Å². The molecule has 0 aliphatic rings. The van der Waals surface area contributed by atoms with Crippen molar-refractivity contribution in [3.05, 3.63) is 80.0 Å². The Balaban J connectivity index is 1.88. The number of benzene rings is 2. The second-order valence-electron chi connectivity index (χ2n) is 8.67. The summed E-state index contributed by atoms with van der Waals surface area (Å²) in [6.07, 6.45) is -4.11. The minimum Gasteiger partial charge on any atom is -0.425 e. The molecule has 196 valence electrons. The largest absolute Gasteiger partial charge is 0.573 e. The van der Waals surface area contributed by atoms with Crippen molar-refractivity contribution >= 4 is 22.8 Å². The molecule has 0 radical (unpaired) electrons. The molecule has 0 bridgehead atoms. The van der Waals surface area contributed by atoms with E-state index in [1.807, 2.05) is 13.8 Å². The van der Waals surface area contributed by atoms with Crippen LogP contribution in [-0.4, -0.2) is 25.0 Å². The van der Waals surface area contributed by atoms with Gasteiger partial charge in [0.2, 0.25) is 0 Å². The average molecular weight is 537 g/mol. The Kier molecular flexibility index (Phi) is 7.35. The van der Waals surface area contributed by atoms with E-state index in [0.717, 1.165) is 28.7 Å². The predicted molar refractivity (Wildman–Crippen MR) is 132 cm³/mol. The van der Waals surface area contributed by atoms with Gasteiger partial charge in [-0.3, -0.25) is 18.5 Å². The maximum absolute atomic E-state index is 13.6. The van der Waals surface area contributed by atoms with Crippen LogP contribution in [0, 0.1) is 5.92 Å². The van der Waals surface area contributed by atoms with Gasteiger partial charge >= 0.3 is 18.1 Å². The number of nitrogens with zero attached hydrogens (tertiary/aromatic N) is 4. The molecule has 0 amide bonds. The molecule has 37 heavy (non-hydrogen) atoms. The summed E-state index contributed by atoms with van der Waals surface area (Å²) >= 11 is 6.01. The van der Waals surface area contributed by atoms with Gasteiger partial charge in [0.15, 0.2) is 11.2 Å². The Morgan fingerprint density at radius 1 is 1.05 bits per heavy atom. The molecular weight excluding hydrogens is 513 g/mol. The molecule has 2 aromatic heterocycles. The minimum atomic E-state index is -4.88. The Bertz CT molecular complexity index is 1540. The number of hydrogen-bond donors (Lipinski definition) is 0. The fourth-order valence-electron chi connectivity index (χ4n) is 3.79. The Labute approximate surface area is 214 Å². The summed E-state index contributed by atoms with van der Waals surface area (Å²) in [5.41, 5.74) is -0.102. The first-order valence-electron chi connectivity index (χ1n) is 11.4. The number of fused-ring (bicyclic) bond motifs is 1. The molecule has 1 atom stereocenters. The SMILES string of the molecule is CCC(C)Cn1c(=O)c2c(nc(Oc3cccc(OC(F)(F)F)c3)n2Cc2ccc(Cl)cc2)n(C)c1=O. The fourth-order valence-corrected chi connectivity index (χ4v) is 3.92. The van der Waals surface area contributed by atoms with Gasteiger partial charge in [-0.15, -0.1) is 13.2 Å². The van der Waals surface area contributed by atoms with Crippen LogP contribution in [0.25, 0.3) is 11.2 Å². The molecule has 0 spiro atoms. The average Bonchev–Trinajstić information content (AvgIpc) is 3.18. The third-order valence-electron chi connectivity index (χ3n) is 5.89. The van der Waals surface area contributed by atoms with Crippen LogP contribution in [0.1, 0.15) is 25.8 Å². The maximum Gasteiger partial charge on any atom is 0.573 e. The van der Waals surface area contributed by atoms with Crippen LogP contribution < -0.4 is 20.7 Å². The van der Waals surface area contributed by atoms with Crippen LogP contribution in [0.2, 0.25) is 5.02 Å². The van der Waals surface area contributed by atoms with Crippen molar-refractivity contribution in [1.29, 1.82) is 0 Å². The number of hydrogen-bond acceptors (Lipinski definition) is 5. The van der Waals surface area contributed by atoms with Crippen molar-refractivity contribution in [2.45, 2.75) is 39.7 Å². The monoisotopic (exact) mass is 536 g/mol. The molecule has 4 rings (SSSR count). The van der Waals surface area contributed by atoms with E-state index >= 15 is 0 Å². The molecule has 2 aromatic carbocycles. The number of rotatable bonds is 8. The van der Waals surface area contributed by atoms with Crippen LogP contribution in [0.5, 0.6) is 17.5 Å². The first-order chi connectivity index (χ1) is 17.5. The fraction of sp³-hybridized carbons (Fsp3) is 0.320. The van der Waals surface area contributed by atoms with Gasteiger partial charge in [0.1, 0.15) is 11.5 Å². The third-order valence-corrected chi connectivity index (χ3v) is 6.14. The highest BCUT2D eigenvalue weighted by molar-refractivity contribution is 6.30. The number of aryl methyl sites for hydroxylation is 1. The quantitative estimate of drug-likeness (QED) is 0.304. The van der Waals surface area contributed by atoms with E-state index in [2.05, 4.69) is 9.72 Å². The Hall–Kier alpha value is -3.73. The summed E-state index contributed by atoms with van der Waals surface area (Å²) in [5.74, 6) is -0.407. The van der Waals surface area contributed by atoms with Gasteiger partial charge in [-0.2, -0.15) is 4.98 Å². The van der Waals surface area contributed by atoms with Gasteiger partial charge < -0.3 is 9.47 Å². The molecule has 0 saturated carbocycles. The van der Waals surface area contributed by atoms with Crippen LogP contribution in [0.15, 0.2) is 58.1 Å². The van der Waals surface area contributed by atoms with E-state index in [0.29, 0.717) is 5.02 Å². The number of alkyl halides is 3. The lowest BCUT2D eigenvalue weighted by atomic mass is 10.1. The number of ether oxygens (including phenoxy) is 2. The molecule has 12 heteroatoms. The van der Waals surface area contributed by atoms with Crippen LogP contribution in [-0.2, 0) is 20.1 Å². The predicted octanol–water partition coefficient (Wildman–Crippen LogP) is 5.34. The number of aromatic nitrogens is 4. The van der Waals surface area contributed by atoms with Crippen LogP contribution in [0.4, 0.5) is 13.2 Å².